The Morgan fingerprint density at radius 3 is 1.81 bits per heavy atom. The van der Waals surface area contributed by atoms with Gasteiger partial charge in [-0.05, 0) is 111 Å². The normalized spacial score (nSPS) is 12.9. The third-order valence-corrected chi connectivity index (χ3v) is 12.2. The summed E-state index contributed by atoms with van der Waals surface area (Å²) in [7, 11) is 0. The number of nitrogens with zero attached hydrogens (tertiary/aromatic N) is 2. The maximum atomic E-state index is 2.46. The first-order chi connectivity index (χ1) is 28.0. The molecule has 0 saturated carbocycles. The maximum absolute atomic E-state index is 2.46. The van der Waals surface area contributed by atoms with Crippen molar-refractivity contribution in [3.63, 3.8) is 0 Å². The third-order valence-electron chi connectivity index (χ3n) is 12.2. The Hall–Kier alpha value is -7.16. The van der Waals surface area contributed by atoms with Crippen LogP contribution in [0.4, 0.5) is 17.1 Å². The van der Waals surface area contributed by atoms with Crippen LogP contribution in [-0.2, 0) is 5.41 Å². The van der Waals surface area contributed by atoms with E-state index in [4.69, 9.17) is 0 Å². The molecule has 0 amide bonds. The Morgan fingerprint density at radius 2 is 0.965 bits per heavy atom. The molecule has 1 heterocycles. The topological polar surface area (TPSA) is 8.17 Å². The Balaban J connectivity index is 1.09. The van der Waals surface area contributed by atoms with Gasteiger partial charge in [-0.1, -0.05) is 159 Å². The fourth-order valence-electron chi connectivity index (χ4n) is 9.43. The molecule has 9 aromatic carbocycles. The molecule has 0 saturated heterocycles. The minimum absolute atomic E-state index is 0.112. The SMILES string of the molecule is CC1(C)c2ccccc2-c2ccc(N(c3ccc(-c4ccccc4)cc3)c3cccc4c(-c5ccc6c(c5)c5ccccc5n6-c5ccccc5)cccc34)cc21. The molecule has 57 heavy (non-hydrogen) atoms. The highest BCUT2D eigenvalue weighted by atomic mass is 15.1. The van der Waals surface area contributed by atoms with Crippen LogP contribution >= 0.6 is 0 Å². The van der Waals surface area contributed by atoms with E-state index in [9.17, 15) is 0 Å². The van der Waals surface area contributed by atoms with Crippen molar-refractivity contribution >= 4 is 49.6 Å². The minimum Gasteiger partial charge on any atom is -0.310 e. The summed E-state index contributed by atoms with van der Waals surface area (Å²) in [6.45, 7) is 4.72. The second kappa shape index (κ2) is 13.0. The van der Waals surface area contributed by atoms with Crippen molar-refractivity contribution in [3.05, 3.63) is 217 Å². The van der Waals surface area contributed by atoms with Crippen LogP contribution in [0.5, 0.6) is 0 Å². The molecular formula is C55H40N2. The molecule has 1 aromatic heterocycles. The number of para-hydroxylation sites is 2. The summed E-state index contributed by atoms with van der Waals surface area (Å²) >= 11 is 0. The van der Waals surface area contributed by atoms with E-state index in [2.05, 4.69) is 230 Å². The van der Waals surface area contributed by atoms with E-state index in [0.29, 0.717) is 0 Å². The van der Waals surface area contributed by atoms with Crippen molar-refractivity contribution in [2.45, 2.75) is 19.3 Å². The van der Waals surface area contributed by atoms with Crippen LogP contribution in [0.25, 0.3) is 71.6 Å². The molecule has 0 N–H and O–H groups in total. The molecule has 0 radical (unpaired) electrons. The van der Waals surface area contributed by atoms with E-state index < -0.39 is 0 Å². The summed E-state index contributed by atoms with van der Waals surface area (Å²) in [5.41, 5.74) is 17.1. The van der Waals surface area contributed by atoms with Gasteiger partial charge >= 0.3 is 0 Å². The summed E-state index contributed by atoms with van der Waals surface area (Å²) in [4.78, 5) is 2.46. The summed E-state index contributed by atoms with van der Waals surface area (Å²) < 4.78 is 2.38. The number of aromatic nitrogens is 1. The van der Waals surface area contributed by atoms with E-state index in [-0.39, 0.29) is 5.41 Å². The number of hydrogen-bond acceptors (Lipinski definition) is 1. The van der Waals surface area contributed by atoms with Crippen LogP contribution in [0.15, 0.2) is 206 Å². The zero-order valence-corrected chi connectivity index (χ0v) is 32.0. The first-order valence-corrected chi connectivity index (χ1v) is 19.9. The number of rotatable bonds is 6. The van der Waals surface area contributed by atoms with Gasteiger partial charge in [-0.25, -0.2) is 0 Å². The van der Waals surface area contributed by atoms with Crippen LogP contribution in [-0.4, -0.2) is 4.57 Å². The fourth-order valence-corrected chi connectivity index (χ4v) is 9.43. The highest BCUT2D eigenvalue weighted by molar-refractivity contribution is 6.12. The Bertz CT molecular complexity index is 3130. The van der Waals surface area contributed by atoms with Crippen LogP contribution in [0.2, 0.25) is 0 Å². The van der Waals surface area contributed by atoms with Gasteiger partial charge in [0.1, 0.15) is 0 Å². The number of fused-ring (bicyclic) bond motifs is 7. The van der Waals surface area contributed by atoms with E-state index in [0.717, 1.165) is 17.1 Å². The van der Waals surface area contributed by atoms with Gasteiger partial charge in [-0.3, -0.25) is 0 Å². The fraction of sp³-hybridized carbons (Fsp3) is 0.0545. The first-order valence-electron chi connectivity index (χ1n) is 19.9. The van der Waals surface area contributed by atoms with Gasteiger partial charge < -0.3 is 9.47 Å². The average molecular weight is 729 g/mol. The molecule has 1 aliphatic rings. The summed E-state index contributed by atoms with van der Waals surface area (Å²) in [6, 6.07) is 75.6. The molecule has 10 aromatic rings. The quantitative estimate of drug-likeness (QED) is 0.165. The molecule has 1 aliphatic carbocycles. The van der Waals surface area contributed by atoms with E-state index in [1.54, 1.807) is 0 Å². The summed E-state index contributed by atoms with van der Waals surface area (Å²) in [5, 5.41) is 4.94. The Labute approximate surface area is 333 Å². The largest absolute Gasteiger partial charge is 0.310 e. The number of benzene rings is 9. The zero-order chi connectivity index (χ0) is 38.1. The van der Waals surface area contributed by atoms with Gasteiger partial charge in [0.25, 0.3) is 0 Å². The monoisotopic (exact) mass is 728 g/mol. The molecule has 0 fully saturated rings. The van der Waals surface area contributed by atoms with Crippen LogP contribution < -0.4 is 4.90 Å². The highest BCUT2D eigenvalue weighted by Crippen LogP contribution is 2.51. The van der Waals surface area contributed by atoms with Crippen molar-refractivity contribution in [1.82, 2.24) is 4.57 Å². The molecular weight excluding hydrogens is 689 g/mol. The molecule has 0 atom stereocenters. The maximum Gasteiger partial charge on any atom is 0.0541 e. The van der Waals surface area contributed by atoms with Crippen molar-refractivity contribution in [3.8, 4) is 39.1 Å². The molecule has 2 nitrogen and oxygen atoms in total. The summed E-state index contributed by atoms with van der Waals surface area (Å²) in [5.74, 6) is 0. The third kappa shape index (κ3) is 5.25. The van der Waals surface area contributed by atoms with Gasteiger partial charge in [0.2, 0.25) is 0 Å². The van der Waals surface area contributed by atoms with Gasteiger partial charge in [-0.2, -0.15) is 0 Å². The van der Waals surface area contributed by atoms with Crippen LogP contribution in [0, 0.1) is 0 Å². The number of hydrogen-bond donors (Lipinski definition) is 0. The lowest BCUT2D eigenvalue weighted by atomic mass is 9.82. The lowest BCUT2D eigenvalue weighted by Gasteiger charge is -2.29. The van der Waals surface area contributed by atoms with Gasteiger partial charge in [-0.15, -0.1) is 0 Å². The van der Waals surface area contributed by atoms with Gasteiger partial charge in [0.05, 0.1) is 16.7 Å². The Kier molecular flexibility index (Phi) is 7.55. The van der Waals surface area contributed by atoms with E-state index in [1.807, 2.05) is 0 Å². The molecule has 11 rings (SSSR count). The van der Waals surface area contributed by atoms with Crippen molar-refractivity contribution in [2.24, 2.45) is 0 Å². The molecule has 0 unspecified atom stereocenters. The predicted molar refractivity (Wildman–Crippen MR) is 241 cm³/mol. The lowest BCUT2D eigenvalue weighted by Crippen LogP contribution is -2.16. The average Bonchev–Trinajstić information content (AvgIpc) is 3.72. The Morgan fingerprint density at radius 1 is 0.368 bits per heavy atom. The first kappa shape index (κ1) is 33.2. The van der Waals surface area contributed by atoms with Gasteiger partial charge in [0, 0.05) is 38.6 Å². The molecule has 270 valence electrons. The van der Waals surface area contributed by atoms with Crippen molar-refractivity contribution in [1.29, 1.82) is 0 Å². The molecule has 0 spiro atoms. The highest BCUT2D eigenvalue weighted by Gasteiger charge is 2.35. The second-order valence-corrected chi connectivity index (χ2v) is 15.7. The standard InChI is InChI=1S/C55H40N2/c1-55(2)50-24-11-9-19-45(50)46-33-32-42(36-51(46)55)56(41-30-27-38(28-31-41)37-15-5-3-6-16-37)52-26-14-22-44-43(21-13-23-47(44)52)39-29-34-54-49(35-39)48-20-10-12-25-53(48)57(54)40-17-7-4-8-18-40/h3-36H,1-2H3. The molecule has 0 aliphatic heterocycles. The van der Waals surface area contributed by atoms with E-state index >= 15 is 0 Å². The summed E-state index contributed by atoms with van der Waals surface area (Å²) in [6.07, 6.45) is 0. The second-order valence-electron chi connectivity index (χ2n) is 15.7. The predicted octanol–water partition coefficient (Wildman–Crippen LogP) is 15.0. The lowest BCUT2D eigenvalue weighted by molar-refractivity contribution is 0.660. The smallest absolute Gasteiger partial charge is 0.0541 e. The van der Waals surface area contributed by atoms with Crippen molar-refractivity contribution < 1.29 is 0 Å². The van der Waals surface area contributed by atoms with Gasteiger partial charge in [0.15, 0.2) is 0 Å². The van der Waals surface area contributed by atoms with Crippen LogP contribution in [0.1, 0.15) is 25.0 Å². The molecule has 0 bridgehead atoms. The van der Waals surface area contributed by atoms with Crippen molar-refractivity contribution in [2.75, 3.05) is 4.90 Å². The van der Waals surface area contributed by atoms with Crippen LogP contribution in [0.3, 0.4) is 0 Å². The minimum atomic E-state index is -0.112. The van der Waals surface area contributed by atoms with E-state index in [1.165, 1.54) is 82.8 Å². The zero-order valence-electron chi connectivity index (χ0n) is 32.0. The molecule has 2 heteroatoms. The number of anilines is 3.